The summed E-state index contributed by atoms with van der Waals surface area (Å²) in [5.41, 5.74) is 2.33. The molecule has 1 amide bonds. The Morgan fingerprint density at radius 3 is 2.66 bits per heavy atom. The third-order valence-electron chi connectivity index (χ3n) is 5.32. The van der Waals surface area contributed by atoms with E-state index in [1.807, 2.05) is 31.4 Å². The van der Waals surface area contributed by atoms with Crippen LogP contribution in [0.4, 0.5) is 10.6 Å². The van der Waals surface area contributed by atoms with Crippen molar-refractivity contribution >= 4 is 45.0 Å². The van der Waals surface area contributed by atoms with Crippen LogP contribution in [-0.2, 0) is 17.7 Å². The van der Waals surface area contributed by atoms with Gasteiger partial charge in [0.2, 0.25) is 4.73 Å². The number of imidazole rings is 1. The number of hydrogen-bond donors (Lipinski definition) is 1. The van der Waals surface area contributed by atoms with Crippen LogP contribution in [0.25, 0.3) is 5.65 Å². The normalized spacial score (nSPS) is 15.3. The topological polar surface area (TPSA) is 97.5 Å². The lowest BCUT2D eigenvalue weighted by atomic mass is 9.93. The standard InChI is InChI=1S/C21H28BrN7O2S/c1-5-14-18(23-12-17-25-19(22)27-32-17)29-16(24-14)7-6-15(26-29)13-8-10-28(11-9-13)20(30)31-21(2,3)4/h6-7,13,23H,5,8-12H2,1-4H3. The van der Waals surface area contributed by atoms with E-state index in [0.29, 0.717) is 24.4 Å². The fourth-order valence-corrected chi connectivity index (χ4v) is 4.82. The molecule has 3 aromatic rings. The van der Waals surface area contributed by atoms with Gasteiger partial charge in [0.1, 0.15) is 10.6 Å². The highest BCUT2D eigenvalue weighted by Gasteiger charge is 2.28. The Hall–Kier alpha value is -2.27. The van der Waals surface area contributed by atoms with Crippen molar-refractivity contribution in [2.75, 3.05) is 18.4 Å². The third kappa shape index (κ3) is 5.20. The maximum Gasteiger partial charge on any atom is 0.410 e. The Labute approximate surface area is 199 Å². The monoisotopic (exact) mass is 521 g/mol. The summed E-state index contributed by atoms with van der Waals surface area (Å²) in [6.45, 7) is 9.65. The van der Waals surface area contributed by atoms with Crippen LogP contribution >= 0.6 is 27.5 Å². The van der Waals surface area contributed by atoms with Gasteiger partial charge in [0, 0.05) is 19.0 Å². The van der Waals surface area contributed by atoms with E-state index in [9.17, 15) is 4.79 Å². The van der Waals surface area contributed by atoms with Crippen LogP contribution in [0.2, 0.25) is 0 Å². The first-order chi connectivity index (χ1) is 15.2. The van der Waals surface area contributed by atoms with Crippen LogP contribution in [0, 0.1) is 0 Å². The van der Waals surface area contributed by atoms with E-state index in [1.165, 1.54) is 11.5 Å². The second-order valence-corrected chi connectivity index (χ2v) is 10.4. The number of carbonyl (C=O) groups excluding carboxylic acids is 1. The summed E-state index contributed by atoms with van der Waals surface area (Å²) in [6, 6.07) is 4.08. The van der Waals surface area contributed by atoms with E-state index in [0.717, 1.165) is 47.1 Å². The van der Waals surface area contributed by atoms with Crippen LogP contribution in [0.1, 0.15) is 62.8 Å². The molecule has 9 nitrogen and oxygen atoms in total. The Balaban J connectivity index is 1.49. The Kier molecular flexibility index (Phi) is 6.66. The lowest BCUT2D eigenvalue weighted by Crippen LogP contribution is -2.41. The smallest absolute Gasteiger partial charge is 0.410 e. The highest BCUT2D eigenvalue weighted by molar-refractivity contribution is 9.10. The fourth-order valence-electron chi connectivity index (χ4n) is 3.78. The molecule has 1 saturated heterocycles. The van der Waals surface area contributed by atoms with Crippen molar-refractivity contribution in [1.82, 2.24) is 28.9 Å². The number of fused-ring (bicyclic) bond motifs is 1. The number of carbonyl (C=O) groups is 1. The van der Waals surface area contributed by atoms with Crippen LogP contribution in [-0.4, -0.2) is 53.6 Å². The summed E-state index contributed by atoms with van der Waals surface area (Å²) >= 11 is 4.66. The Morgan fingerprint density at radius 2 is 2.03 bits per heavy atom. The van der Waals surface area contributed by atoms with Crippen LogP contribution in [0.5, 0.6) is 0 Å². The molecule has 4 rings (SSSR count). The molecule has 3 aromatic heterocycles. The van der Waals surface area contributed by atoms with Crippen molar-refractivity contribution in [3.63, 3.8) is 0 Å². The molecular weight excluding hydrogens is 494 g/mol. The second-order valence-electron chi connectivity index (χ2n) is 8.84. The van der Waals surface area contributed by atoms with E-state index in [1.54, 1.807) is 4.90 Å². The first-order valence-corrected chi connectivity index (χ1v) is 12.4. The SMILES string of the molecule is CCc1nc2ccc(C3CCN(C(=O)OC(C)(C)C)CC3)nn2c1NCc1nc(Br)ns1. The molecule has 0 aliphatic carbocycles. The number of aryl methyl sites for hydroxylation is 1. The molecule has 1 N–H and O–H groups in total. The van der Waals surface area contributed by atoms with E-state index in [-0.39, 0.29) is 12.0 Å². The number of rotatable bonds is 5. The van der Waals surface area contributed by atoms with E-state index < -0.39 is 5.60 Å². The maximum atomic E-state index is 12.4. The van der Waals surface area contributed by atoms with Gasteiger partial charge in [0.05, 0.1) is 17.9 Å². The summed E-state index contributed by atoms with van der Waals surface area (Å²) < 4.78 is 12.2. The zero-order valence-corrected chi connectivity index (χ0v) is 21.2. The first kappa shape index (κ1) is 22.9. The van der Waals surface area contributed by atoms with Crippen LogP contribution in [0.15, 0.2) is 16.9 Å². The van der Waals surface area contributed by atoms with Gasteiger partial charge in [0.15, 0.2) is 11.5 Å². The van der Waals surface area contributed by atoms with Crippen molar-refractivity contribution in [3.8, 4) is 0 Å². The molecule has 0 aromatic carbocycles. The molecule has 32 heavy (non-hydrogen) atoms. The number of anilines is 1. The van der Waals surface area contributed by atoms with Gasteiger partial charge in [0.25, 0.3) is 0 Å². The Morgan fingerprint density at radius 1 is 1.28 bits per heavy atom. The van der Waals surface area contributed by atoms with Crippen molar-refractivity contribution in [2.24, 2.45) is 0 Å². The minimum Gasteiger partial charge on any atom is -0.444 e. The van der Waals surface area contributed by atoms with E-state index in [4.69, 9.17) is 14.8 Å². The van der Waals surface area contributed by atoms with Crippen molar-refractivity contribution in [2.45, 2.75) is 65.0 Å². The molecule has 0 radical (unpaired) electrons. The summed E-state index contributed by atoms with van der Waals surface area (Å²) in [6.07, 6.45) is 2.27. The van der Waals surface area contributed by atoms with Crippen LogP contribution < -0.4 is 5.32 Å². The zero-order chi connectivity index (χ0) is 22.9. The molecule has 1 fully saturated rings. The molecule has 4 heterocycles. The molecule has 0 bridgehead atoms. The van der Waals surface area contributed by atoms with Gasteiger partial charge >= 0.3 is 6.09 Å². The first-order valence-electron chi connectivity index (χ1n) is 10.8. The number of aromatic nitrogens is 5. The van der Waals surface area contributed by atoms with Gasteiger partial charge < -0.3 is 15.0 Å². The molecule has 0 saturated carbocycles. The maximum absolute atomic E-state index is 12.4. The predicted molar refractivity (Wildman–Crippen MR) is 127 cm³/mol. The van der Waals surface area contributed by atoms with Gasteiger partial charge in [-0.1, -0.05) is 6.92 Å². The number of ether oxygens (including phenoxy) is 1. The fraction of sp³-hybridized carbons (Fsp3) is 0.571. The quantitative estimate of drug-likeness (QED) is 0.522. The third-order valence-corrected chi connectivity index (χ3v) is 6.62. The predicted octanol–water partition coefficient (Wildman–Crippen LogP) is 4.63. The van der Waals surface area contributed by atoms with Gasteiger partial charge in [-0.3, -0.25) is 0 Å². The van der Waals surface area contributed by atoms with Crippen molar-refractivity contribution in [3.05, 3.63) is 33.3 Å². The minimum absolute atomic E-state index is 0.239. The number of amides is 1. The van der Waals surface area contributed by atoms with Gasteiger partial charge in [-0.2, -0.15) is 14.0 Å². The molecule has 11 heteroatoms. The minimum atomic E-state index is -0.479. The van der Waals surface area contributed by atoms with Gasteiger partial charge in [-0.15, -0.1) is 0 Å². The number of piperidine rings is 1. The van der Waals surface area contributed by atoms with Crippen molar-refractivity contribution in [1.29, 1.82) is 0 Å². The molecule has 172 valence electrons. The van der Waals surface area contributed by atoms with Crippen molar-refractivity contribution < 1.29 is 9.53 Å². The van der Waals surface area contributed by atoms with E-state index >= 15 is 0 Å². The second kappa shape index (κ2) is 9.30. The molecule has 0 unspecified atom stereocenters. The highest BCUT2D eigenvalue weighted by Crippen LogP contribution is 2.29. The summed E-state index contributed by atoms with van der Waals surface area (Å²) in [7, 11) is 0. The molecule has 1 aliphatic heterocycles. The number of likely N-dealkylation sites (tertiary alicyclic amines) is 1. The van der Waals surface area contributed by atoms with Crippen LogP contribution in [0.3, 0.4) is 0 Å². The average Bonchev–Trinajstić information content (AvgIpc) is 3.33. The zero-order valence-electron chi connectivity index (χ0n) is 18.8. The van der Waals surface area contributed by atoms with Gasteiger partial charge in [-0.25, -0.2) is 14.8 Å². The summed E-state index contributed by atoms with van der Waals surface area (Å²) in [5.74, 6) is 1.18. The summed E-state index contributed by atoms with van der Waals surface area (Å²) in [5, 5.41) is 9.26. The number of nitrogens with zero attached hydrogens (tertiary/aromatic N) is 6. The molecule has 1 aliphatic rings. The lowest BCUT2D eigenvalue weighted by Gasteiger charge is -2.33. The lowest BCUT2D eigenvalue weighted by molar-refractivity contribution is 0.0204. The molecular formula is C21H28BrN7O2S. The largest absolute Gasteiger partial charge is 0.444 e. The van der Waals surface area contributed by atoms with Gasteiger partial charge in [-0.05, 0) is 79.6 Å². The number of halogens is 1. The summed E-state index contributed by atoms with van der Waals surface area (Å²) in [4.78, 5) is 23.2. The number of nitrogens with one attached hydrogen (secondary N) is 1. The highest BCUT2D eigenvalue weighted by atomic mass is 79.9. The average molecular weight is 522 g/mol. The molecule has 0 atom stereocenters. The number of hydrogen-bond acceptors (Lipinski definition) is 8. The van der Waals surface area contributed by atoms with E-state index in [2.05, 4.69) is 43.6 Å². The Bertz CT molecular complexity index is 1100. The molecule has 0 spiro atoms.